The molecule has 0 bridgehead atoms. The third-order valence-electron chi connectivity index (χ3n) is 2.99. The van der Waals surface area contributed by atoms with Gasteiger partial charge in [-0.25, -0.2) is 0 Å². The summed E-state index contributed by atoms with van der Waals surface area (Å²) in [6, 6.07) is 0. The number of carbonyl (C=O) groups is 1. The van der Waals surface area contributed by atoms with Crippen LogP contribution in [0.4, 0.5) is 0 Å². The quantitative estimate of drug-likeness (QED) is 0.578. The molecule has 3 heteroatoms. The molecule has 0 radical (unpaired) electrons. The number of piperidine rings is 1. The Morgan fingerprint density at radius 1 is 1.64 bits per heavy atom. The van der Waals surface area contributed by atoms with E-state index in [1.165, 1.54) is 0 Å². The summed E-state index contributed by atoms with van der Waals surface area (Å²) in [5.41, 5.74) is 0.157. The van der Waals surface area contributed by atoms with Gasteiger partial charge in [0, 0.05) is 6.54 Å². The first-order valence-corrected chi connectivity index (χ1v) is 4.18. The number of nitrogens with one attached hydrogen (secondary N) is 1. The van der Waals surface area contributed by atoms with E-state index in [0.717, 1.165) is 32.4 Å². The number of carboxylic acids is 1. The number of carboxylic acid groups (broad SMARTS) is 1. The van der Waals surface area contributed by atoms with E-state index < -0.39 is 5.97 Å². The van der Waals surface area contributed by atoms with E-state index in [-0.39, 0.29) is 11.3 Å². The van der Waals surface area contributed by atoms with Crippen molar-refractivity contribution in [3.05, 3.63) is 0 Å². The molecule has 0 unspecified atom stereocenters. The zero-order valence-electron chi connectivity index (χ0n) is 6.47. The van der Waals surface area contributed by atoms with Gasteiger partial charge >= 0.3 is 5.97 Å². The second-order valence-corrected chi connectivity index (χ2v) is 3.74. The molecule has 1 aliphatic heterocycles. The van der Waals surface area contributed by atoms with Gasteiger partial charge in [0.15, 0.2) is 0 Å². The van der Waals surface area contributed by atoms with Gasteiger partial charge in [-0.3, -0.25) is 4.79 Å². The van der Waals surface area contributed by atoms with Crippen molar-refractivity contribution in [1.29, 1.82) is 0 Å². The highest BCUT2D eigenvalue weighted by Crippen LogP contribution is 2.56. The molecule has 1 saturated heterocycles. The van der Waals surface area contributed by atoms with Crippen LogP contribution in [0.15, 0.2) is 0 Å². The lowest BCUT2D eigenvalue weighted by molar-refractivity contribution is -0.139. The van der Waals surface area contributed by atoms with Gasteiger partial charge in [-0.15, -0.1) is 0 Å². The molecule has 1 heterocycles. The van der Waals surface area contributed by atoms with Crippen LogP contribution in [-0.2, 0) is 4.79 Å². The van der Waals surface area contributed by atoms with Crippen LogP contribution in [0.25, 0.3) is 0 Å². The highest BCUT2D eigenvalue weighted by molar-refractivity contribution is 5.74. The minimum atomic E-state index is -0.603. The number of aliphatic carboxylic acids is 1. The van der Waals surface area contributed by atoms with Gasteiger partial charge in [0.25, 0.3) is 0 Å². The van der Waals surface area contributed by atoms with Crippen LogP contribution >= 0.6 is 0 Å². The Balaban J connectivity index is 1.99. The molecule has 2 fully saturated rings. The van der Waals surface area contributed by atoms with Crippen LogP contribution in [0, 0.1) is 11.3 Å². The van der Waals surface area contributed by atoms with Crippen molar-refractivity contribution in [2.75, 3.05) is 13.1 Å². The molecule has 2 N–H and O–H groups in total. The topological polar surface area (TPSA) is 49.3 Å². The summed E-state index contributed by atoms with van der Waals surface area (Å²) in [5, 5.41) is 12.0. The summed E-state index contributed by atoms with van der Waals surface area (Å²) in [6.45, 7) is 1.98. The van der Waals surface area contributed by atoms with E-state index >= 15 is 0 Å². The molecule has 0 amide bonds. The number of hydrogen-bond donors (Lipinski definition) is 2. The number of hydrogen-bond acceptors (Lipinski definition) is 2. The summed E-state index contributed by atoms with van der Waals surface area (Å²) in [6.07, 6.45) is 3.15. The summed E-state index contributed by atoms with van der Waals surface area (Å²) in [7, 11) is 0. The molecule has 1 aliphatic carbocycles. The summed E-state index contributed by atoms with van der Waals surface area (Å²) in [5.74, 6) is -0.649. The van der Waals surface area contributed by atoms with Gasteiger partial charge in [-0.2, -0.15) is 0 Å². The van der Waals surface area contributed by atoms with E-state index in [2.05, 4.69) is 5.32 Å². The van der Waals surface area contributed by atoms with Gasteiger partial charge in [-0.05, 0) is 31.2 Å². The lowest BCUT2D eigenvalue weighted by Gasteiger charge is -2.22. The largest absolute Gasteiger partial charge is 0.481 e. The van der Waals surface area contributed by atoms with Gasteiger partial charge in [0.05, 0.1) is 5.92 Å². The van der Waals surface area contributed by atoms with E-state index in [0.29, 0.717) is 0 Å². The molecular weight excluding hydrogens is 142 g/mol. The second-order valence-electron chi connectivity index (χ2n) is 3.74. The highest BCUT2D eigenvalue weighted by atomic mass is 16.4. The molecular formula is C8H13NO2. The van der Waals surface area contributed by atoms with Crippen molar-refractivity contribution in [3.8, 4) is 0 Å². The fraction of sp³-hybridized carbons (Fsp3) is 0.875. The average Bonchev–Trinajstić information content (AvgIpc) is 2.66. The Labute approximate surface area is 65.8 Å². The first-order chi connectivity index (χ1) is 5.25. The van der Waals surface area contributed by atoms with Crippen LogP contribution in [0.5, 0.6) is 0 Å². The monoisotopic (exact) mass is 155 g/mol. The first-order valence-electron chi connectivity index (χ1n) is 4.18. The van der Waals surface area contributed by atoms with Gasteiger partial charge in [-0.1, -0.05) is 0 Å². The molecule has 0 aromatic heterocycles. The van der Waals surface area contributed by atoms with Gasteiger partial charge in [0.2, 0.25) is 0 Å². The van der Waals surface area contributed by atoms with E-state index in [4.69, 9.17) is 5.11 Å². The second kappa shape index (κ2) is 2.21. The maximum atomic E-state index is 10.6. The Morgan fingerprint density at radius 2 is 2.45 bits per heavy atom. The molecule has 0 aromatic rings. The van der Waals surface area contributed by atoms with Crippen molar-refractivity contribution >= 4 is 5.97 Å². The fourth-order valence-electron chi connectivity index (χ4n) is 2.16. The normalized spacial score (nSPS) is 42.4. The van der Waals surface area contributed by atoms with Crippen molar-refractivity contribution in [2.45, 2.75) is 19.3 Å². The van der Waals surface area contributed by atoms with Crippen LogP contribution in [0.1, 0.15) is 19.3 Å². The molecule has 2 rings (SSSR count). The number of rotatable bonds is 1. The third kappa shape index (κ3) is 1.03. The Hall–Kier alpha value is -0.570. The molecule has 2 atom stereocenters. The van der Waals surface area contributed by atoms with Crippen molar-refractivity contribution in [3.63, 3.8) is 0 Å². The smallest absolute Gasteiger partial charge is 0.307 e. The van der Waals surface area contributed by atoms with Crippen molar-refractivity contribution < 1.29 is 9.90 Å². The minimum Gasteiger partial charge on any atom is -0.481 e. The maximum absolute atomic E-state index is 10.6. The van der Waals surface area contributed by atoms with Gasteiger partial charge in [0.1, 0.15) is 0 Å². The molecule has 0 aromatic carbocycles. The lowest BCUT2D eigenvalue weighted by Crippen LogP contribution is -2.33. The van der Waals surface area contributed by atoms with Crippen LogP contribution < -0.4 is 5.32 Å². The third-order valence-corrected chi connectivity index (χ3v) is 2.99. The SMILES string of the molecule is O=C(O)[C@H]1C[C@@]12CCCNC2. The predicted octanol–water partition coefficient (Wildman–Crippen LogP) is 0.461. The molecule has 2 aliphatic rings. The standard InChI is InChI=1S/C8H13NO2/c10-7(11)6-4-8(6)2-1-3-9-5-8/h6,9H,1-5H2,(H,10,11)/t6-,8-/m1/s1. The minimum absolute atomic E-state index is 0.0460. The highest BCUT2D eigenvalue weighted by Gasteiger charge is 2.58. The van der Waals surface area contributed by atoms with Crippen molar-refractivity contribution in [2.24, 2.45) is 11.3 Å². The summed E-state index contributed by atoms with van der Waals surface area (Å²) < 4.78 is 0. The molecule has 1 spiro atoms. The zero-order chi connectivity index (χ0) is 7.90. The molecule has 3 nitrogen and oxygen atoms in total. The Kier molecular flexibility index (Phi) is 1.42. The first kappa shape index (κ1) is 7.10. The molecule has 1 saturated carbocycles. The van der Waals surface area contributed by atoms with Crippen molar-refractivity contribution in [1.82, 2.24) is 5.32 Å². The lowest BCUT2D eigenvalue weighted by atomic mass is 9.94. The Morgan fingerprint density at radius 3 is 2.91 bits per heavy atom. The fourth-order valence-corrected chi connectivity index (χ4v) is 2.16. The summed E-state index contributed by atoms with van der Waals surface area (Å²) in [4.78, 5) is 10.6. The van der Waals surface area contributed by atoms with Gasteiger partial charge < -0.3 is 10.4 Å². The Bertz CT molecular complexity index is 185. The zero-order valence-corrected chi connectivity index (χ0v) is 6.47. The molecule has 62 valence electrons. The van der Waals surface area contributed by atoms with E-state index in [1.807, 2.05) is 0 Å². The average molecular weight is 155 g/mol. The summed E-state index contributed by atoms with van der Waals surface area (Å²) >= 11 is 0. The molecule has 11 heavy (non-hydrogen) atoms. The van der Waals surface area contributed by atoms with Crippen LogP contribution in [0.3, 0.4) is 0 Å². The van der Waals surface area contributed by atoms with E-state index in [9.17, 15) is 4.79 Å². The van der Waals surface area contributed by atoms with Crippen LogP contribution in [0.2, 0.25) is 0 Å². The predicted molar refractivity (Wildman–Crippen MR) is 40.3 cm³/mol. The van der Waals surface area contributed by atoms with Crippen LogP contribution in [-0.4, -0.2) is 24.2 Å². The van der Waals surface area contributed by atoms with E-state index in [1.54, 1.807) is 0 Å². The maximum Gasteiger partial charge on any atom is 0.307 e.